The van der Waals surface area contributed by atoms with Crippen LogP contribution in [0.1, 0.15) is 0 Å². The summed E-state index contributed by atoms with van der Waals surface area (Å²) in [4.78, 5) is 0. The number of benzene rings is 3. The fourth-order valence-corrected chi connectivity index (χ4v) is 5.57. The second-order valence-corrected chi connectivity index (χ2v) is 8.27. The van der Waals surface area contributed by atoms with Crippen LogP contribution in [0.5, 0.6) is 5.75 Å². The van der Waals surface area contributed by atoms with E-state index in [0.717, 1.165) is 10.6 Å². The minimum Gasteiger partial charge on any atom is -0.496 e. The minimum absolute atomic E-state index is 0.536. The molecule has 0 atom stereocenters. The van der Waals surface area contributed by atoms with E-state index in [4.69, 9.17) is 16.3 Å². The molecule has 3 aromatic rings. The molecule has 0 aliphatic heterocycles. The van der Waals surface area contributed by atoms with Crippen LogP contribution in [0, 0.1) is 0 Å². The van der Waals surface area contributed by atoms with Crippen LogP contribution in [0.15, 0.2) is 78.9 Å². The van der Waals surface area contributed by atoms with Crippen molar-refractivity contribution in [2.75, 3.05) is 7.11 Å². The van der Waals surface area contributed by atoms with Gasteiger partial charge in [0.2, 0.25) is 0 Å². The van der Waals surface area contributed by atoms with E-state index in [1.807, 2.05) is 60.7 Å². The Balaban J connectivity index is 2.32. The molecule has 23 heavy (non-hydrogen) atoms. The van der Waals surface area contributed by atoms with Gasteiger partial charge in [0, 0.05) is 15.6 Å². The summed E-state index contributed by atoms with van der Waals surface area (Å²) in [6.07, 6.45) is 0. The van der Waals surface area contributed by atoms with E-state index in [0.29, 0.717) is 16.1 Å². The van der Waals surface area contributed by atoms with Crippen molar-refractivity contribution in [3.8, 4) is 5.75 Å². The molecule has 0 radical (unpaired) electrons. The second kappa shape index (κ2) is 6.62. The van der Waals surface area contributed by atoms with Gasteiger partial charge in [-0.3, -0.25) is 0 Å². The fourth-order valence-electron chi connectivity index (χ4n) is 2.61. The Morgan fingerprint density at radius 1 is 0.826 bits per heavy atom. The van der Waals surface area contributed by atoms with Gasteiger partial charge < -0.3 is 9.30 Å². The van der Waals surface area contributed by atoms with Crippen LogP contribution in [0.25, 0.3) is 0 Å². The van der Waals surface area contributed by atoms with Crippen LogP contribution in [0.4, 0.5) is 0 Å². The Morgan fingerprint density at radius 2 is 1.35 bits per heavy atom. The third-order valence-electron chi connectivity index (χ3n) is 3.72. The fraction of sp³-hybridized carbons (Fsp3) is 0.0526. The monoisotopic (exact) mass is 342 g/mol. The Bertz CT molecular complexity index is 804. The molecule has 0 aliphatic rings. The summed E-state index contributed by atoms with van der Waals surface area (Å²) >= 11 is 6.07. The lowest BCUT2D eigenvalue weighted by Gasteiger charge is -2.22. The highest BCUT2D eigenvalue weighted by atomic mass is 35.5. The van der Waals surface area contributed by atoms with Crippen LogP contribution >= 0.6 is 18.7 Å². The molecule has 2 nitrogen and oxygen atoms in total. The molecule has 0 heterocycles. The van der Waals surface area contributed by atoms with E-state index in [2.05, 4.69) is 0 Å². The topological polar surface area (TPSA) is 26.3 Å². The van der Waals surface area contributed by atoms with Crippen molar-refractivity contribution in [2.24, 2.45) is 0 Å². The van der Waals surface area contributed by atoms with E-state index < -0.39 is 7.14 Å². The molecule has 3 rings (SSSR count). The van der Waals surface area contributed by atoms with Crippen molar-refractivity contribution in [1.29, 1.82) is 0 Å². The summed E-state index contributed by atoms with van der Waals surface area (Å²) in [5.41, 5.74) is 0. The minimum atomic E-state index is -3.03. The van der Waals surface area contributed by atoms with Crippen LogP contribution in [0.2, 0.25) is 5.02 Å². The molecule has 0 N–H and O–H groups in total. The van der Waals surface area contributed by atoms with Crippen LogP contribution in [-0.4, -0.2) is 7.11 Å². The average Bonchev–Trinajstić information content (AvgIpc) is 2.62. The van der Waals surface area contributed by atoms with Gasteiger partial charge in [-0.05, 0) is 18.2 Å². The van der Waals surface area contributed by atoms with Crippen molar-refractivity contribution in [1.82, 2.24) is 0 Å². The van der Waals surface area contributed by atoms with Gasteiger partial charge in [-0.2, -0.15) is 0 Å². The standard InChI is InChI=1S/C19H16ClO2P/c1-22-18-14-15(20)12-13-19(18)23(21,16-8-4-2-5-9-16)17-10-6-3-7-11-17/h2-14H,1H3. The van der Waals surface area contributed by atoms with Gasteiger partial charge in [-0.15, -0.1) is 0 Å². The molecule has 3 aromatic carbocycles. The third-order valence-corrected chi connectivity index (χ3v) is 7.05. The van der Waals surface area contributed by atoms with E-state index in [9.17, 15) is 4.57 Å². The predicted molar refractivity (Wildman–Crippen MR) is 97.4 cm³/mol. The molecule has 0 saturated carbocycles. The van der Waals surface area contributed by atoms with E-state index in [1.165, 1.54) is 0 Å². The maximum Gasteiger partial charge on any atom is 0.174 e. The first-order valence-electron chi connectivity index (χ1n) is 7.21. The van der Waals surface area contributed by atoms with E-state index >= 15 is 0 Å². The zero-order valence-corrected chi connectivity index (χ0v) is 14.3. The summed E-state index contributed by atoms with van der Waals surface area (Å²) in [6, 6.07) is 24.2. The summed E-state index contributed by atoms with van der Waals surface area (Å²) in [5.74, 6) is 0.536. The Hall–Kier alpha value is -2.02. The quantitative estimate of drug-likeness (QED) is 0.670. The molecule has 0 aliphatic carbocycles. The number of rotatable bonds is 4. The summed E-state index contributed by atoms with van der Waals surface area (Å²) in [7, 11) is -1.47. The normalized spacial score (nSPS) is 11.2. The van der Waals surface area contributed by atoms with Crippen molar-refractivity contribution >= 4 is 34.7 Å². The van der Waals surface area contributed by atoms with Crippen molar-refractivity contribution in [3.05, 3.63) is 83.9 Å². The molecule has 0 spiro atoms. The Kier molecular flexibility index (Phi) is 4.56. The molecule has 0 saturated heterocycles. The van der Waals surface area contributed by atoms with Gasteiger partial charge in [-0.1, -0.05) is 72.3 Å². The van der Waals surface area contributed by atoms with Crippen molar-refractivity contribution in [3.63, 3.8) is 0 Å². The third kappa shape index (κ3) is 2.93. The first-order valence-corrected chi connectivity index (χ1v) is 9.30. The van der Waals surface area contributed by atoms with E-state index in [1.54, 1.807) is 25.3 Å². The highest BCUT2D eigenvalue weighted by Gasteiger charge is 2.32. The second-order valence-electron chi connectivity index (χ2n) is 5.10. The van der Waals surface area contributed by atoms with Crippen LogP contribution in [-0.2, 0) is 4.57 Å². The number of hydrogen-bond acceptors (Lipinski definition) is 2. The lowest BCUT2D eigenvalue weighted by molar-refractivity contribution is 0.418. The van der Waals surface area contributed by atoms with E-state index in [-0.39, 0.29) is 0 Å². The van der Waals surface area contributed by atoms with Crippen molar-refractivity contribution < 1.29 is 9.30 Å². The molecule has 0 bridgehead atoms. The van der Waals surface area contributed by atoms with Crippen molar-refractivity contribution in [2.45, 2.75) is 0 Å². The summed E-state index contributed by atoms with van der Waals surface area (Å²) in [5, 5.41) is 2.75. The van der Waals surface area contributed by atoms with Crippen LogP contribution in [0.3, 0.4) is 0 Å². The highest BCUT2D eigenvalue weighted by molar-refractivity contribution is 7.85. The van der Waals surface area contributed by atoms with Gasteiger partial charge >= 0.3 is 0 Å². The maximum atomic E-state index is 14.2. The van der Waals surface area contributed by atoms with Gasteiger partial charge in [0.15, 0.2) is 7.14 Å². The summed E-state index contributed by atoms with van der Waals surface area (Å²) < 4.78 is 19.6. The van der Waals surface area contributed by atoms with Gasteiger partial charge in [0.05, 0.1) is 12.4 Å². The molecular formula is C19H16ClO2P. The number of ether oxygens (including phenoxy) is 1. The Morgan fingerprint density at radius 3 is 1.83 bits per heavy atom. The lowest BCUT2D eigenvalue weighted by Crippen LogP contribution is -2.26. The smallest absolute Gasteiger partial charge is 0.174 e. The molecule has 0 amide bonds. The molecule has 0 fully saturated rings. The molecule has 116 valence electrons. The average molecular weight is 343 g/mol. The largest absolute Gasteiger partial charge is 0.496 e. The summed E-state index contributed by atoms with van der Waals surface area (Å²) in [6.45, 7) is 0. The molecule has 0 aromatic heterocycles. The van der Waals surface area contributed by atoms with Gasteiger partial charge in [0.1, 0.15) is 5.75 Å². The SMILES string of the molecule is COc1cc(Cl)ccc1P(=O)(c1ccccc1)c1ccccc1. The zero-order chi connectivity index (χ0) is 16.3. The predicted octanol–water partition coefficient (Wildman–Crippen LogP) is 3.99. The molecule has 4 heteroatoms. The number of halogens is 1. The van der Waals surface area contributed by atoms with Gasteiger partial charge in [-0.25, -0.2) is 0 Å². The first kappa shape index (κ1) is 15.9. The highest BCUT2D eigenvalue weighted by Crippen LogP contribution is 2.45. The number of hydrogen-bond donors (Lipinski definition) is 0. The number of methoxy groups -OCH3 is 1. The first-order chi connectivity index (χ1) is 11.2. The van der Waals surface area contributed by atoms with Gasteiger partial charge in [0.25, 0.3) is 0 Å². The molecular weight excluding hydrogens is 327 g/mol. The zero-order valence-electron chi connectivity index (χ0n) is 12.6. The Labute approximate surface area is 141 Å². The maximum absolute atomic E-state index is 14.2. The molecule has 0 unspecified atom stereocenters. The lowest BCUT2D eigenvalue weighted by atomic mass is 10.3. The van der Waals surface area contributed by atoms with Crippen LogP contribution < -0.4 is 20.7 Å².